The molecule has 0 aromatic rings. The molecule has 0 aromatic heterocycles. The molecule has 3 fully saturated rings. The number of rotatable bonds is 6. The molecule has 144 valence electrons. The van der Waals surface area contributed by atoms with Gasteiger partial charge in [0.2, 0.25) is 15.9 Å². The maximum Gasteiger partial charge on any atom is 0.222 e. The summed E-state index contributed by atoms with van der Waals surface area (Å²) in [5.41, 5.74) is -0.139. The second-order valence-corrected chi connectivity index (χ2v) is 10.3. The van der Waals surface area contributed by atoms with E-state index in [-0.39, 0.29) is 17.2 Å². The summed E-state index contributed by atoms with van der Waals surface area (Å²) in [6.07, 6.45) is 8.93. The van der Waals surface area contributed by atoms with Gasteiger partial charge in [-0.05, 0) is 24.7 Å². The van der Waals surface area contributed by atoms with E-state index in [1.165, 1.54) is 31.9 Å². The Labute approximate surface area is 151 Å². The van der Waals surface area contributed by atoms with Gasteiger partial charge in [-0.2, -0.15) is 0 Å². The summed E-state index contributed by atoms with van der Waals surface area (Å²) in [5, 5.41) is 0. The predicted octanol–water partition coefficient (Wildman–Crippen LogP) is 1.71. The minimum absolute atomic E-state index is 0.139. The highest BCUT2D eigenvalue weighted by molar-refractivity contribution is 7.88. The number of sulfonamides is 1. The predicted molar refractivity (Wildman–Crippen MR) is 96.6 cm³/mol. The monoisotopic (exact) mass is 372 g/mol. The van der Waals surface area contributed by atoms with Crippen molar-refractivity contribution in [2.45, 2.75) is 44.9 Å². The van der Waals surface area contributed by atoms with Crippen LogP contribution in [0.5, 0.6) is 0 Å². The van der Waals surface area contributed by atoms with E-state index < -0.39 is 10.0 Å². The van der Waals surface area contributed by atoms with Crippen molar-refractivity contribution in [1.29, 1.82) is 0 Å². The molecule has 1 amide bonds. The molecular weight excluding hydrogens is 340 g/mol. The van der Waals surface area contributed by atoms with Crippen LogP contribution in [0.4, 0.5) is 0 Å². The Hall–Kier alpha value is -0.660. The third kappa shape index (κ3) is 4.19. The first-order valence-electron chi connectivity index (χ1n) is 9.56. The fraction of sp³-hybridized carbons (Fsp3) is 0.944. The number of hydrogen-bond acceptors (Lipinski definition) is 4. The zero-order valence-electron chi connectivity index (χ0n) is 15.6. The van der Waals surface area contributed by atoms with E-state index in [1.807, 2.05) is 4.90 Å². The molecule has 2 aliphatic heterocycles. The van der Waals surface area contributed by atoms with Crippen molar-refractivity contribution >= 4 is 15.9 Å². The van der Waals surface area contributed by atoms with Gasteiger partial charge in [-0.15, -0.1) is 0 Å². The second kappa shape index (κ2) is 7.53. The zero-order chi connectivity index (χ0) is 18.1. The molecule has 0 N–H and O–H groups in total. The van der Waals surface area contributed by atoms with Crippen LogP contribution in [-0.2, 0) is 19.6 Å². The van der Waals surface area contributed by atoms with Crippen LogP contribution in [0.25, 0.3) is 0 Å². The summed E-state index contributed by atoms with van der Waals surface area (Å²) >= 11 is 0. The van der Waals surface area contributed by atoms with Gasteiger partial charge in [0.25, 0.3) is 0 Å². The smallest absolute Gasteiger partial charge is 0.222 e. The topological polar surface area (TPSA) is 66.9 Å². The van der Waals surface area contributed by atoms with Crippen LogP contribution in [0.15, 0.2) is 0 Å². The number of methoxy groups -OCH3 is 1. The van der Waals surface area contributed by atoms with E-state index in [9.17, 15) is 13.2 Å². The maximum absolute atomic E-state index is 12.6. The maximum atomic E-state index is 12.6. The molecular formula is C18H32N2O4S. The molecule has 6 nitrogen and oxygen atoms in total. The van der Waals surface area contributed by atoms with Crippen molar-refractivity contribution in [2.24, 2.45) is 17.3 Å². The molecule has 2 saturated heterocycles. The van der Waals surface area contributed by atoms with E-state index in [0.29, 0.717) is 32.7 Å². The molecule has 0 radical (unpaired) electrons. The average molecular weight is 373 g/mol. The SMILES string of the molecule is COC[C@@]12CCN(C(=O)CCC3CCCC3)C[C@@H]1CN(S(C)(=O)=O)C2. The Morgan fingerprint density at radius 2 is 1.96 bits per heavy atom. The molecule has 0 aromatic carbocycles. The zero-order valence-corrected chi connectivity index (χ0v) is 16.4. The van der Waals surface area contributed by atoms with Gasteiger partial charge in [-0.25, -0.2) is 12.7 Å². The molecule has 3 aliphatic rings. The molecule has 2 atom stereocenters. The van der Waals surface area contributed by atoms with Crippen LogP contribution in [0.3, 0.4) is 0 Å². The van der Waals surface area contributed by atoms with E-state index >= 15 is 0 Å². The summed E-state index contributed by atoms with van der Waals surface area (Å²) in [5.74, 6) is 1.15. The van der Waals surface area contributed by atoms with Crippen molar-refractivity contribution in [3.63, 3.8) is 0 Å². The third-order valence-corrected chi connectivity index (χ3v) is 7.81. The minimum Gasteiger partial charge on any atom is -0.384 e. The van der Waals surface area contributed by atoms with Gasteiger partial charge in [-0.3, -0.25) is 4.79 Å². The lowest BCUT2D eigenvalue weighted by atomic mass is 9.73. The Morgan fingerprint density at radius 3 is 2.60 bits per heavy atom. The van der Waals surface area contributed by atoms with Crippen LogP contribution in [0, 0.1) is 17.3 Å². The largest absolute Gasteiger partial charge is 0.384 e. The summed E-state index contributed by atoms with van der Waals surface area (Å²) in [6.45, 7) is 2.98. The van der Waals surface area contributed by atoms with Gasteiger partial charge in [-0.1, -0.05) is 25.7 Å². The summed E-state index contributed by atoms with van der Waals surface area (Å²) in [7, 11) is -1.53. The van der Waals surface area contributed by atoms with Gasteiger partial charge in [0.1, 0.15) is 0 Å². The van der Waals surface area contributed by atoms with E-state index in [4.69, 9.17) is 4.74 Å². The number of fused-ring (bicyclic) bond motifs is 1. The summed E-state index contributed by atoms with van der Waals surface area (Å²) in [6, 6.07) is 0. The fourth-order valence-electron chi connectivity index (χ4n) is 5.02. The molecule has 0 bridgehead atoms. The van der Waals surface area contributed by atoms with Gasteiger partial charge < -0.3 is 9.64 Å². The third-order valence-electron chi connectivity index (χ3n) is 6.60. The lowest BCUT2D eigenvalue weighted by Crippen LogP contribution is -2.50. The first-order valence-corrected chi connectivity index (χ1v) is 11.4. The average Bonchev–Trinajstić information content (AvgIpc) is 3.19. The molecule has 3 rings (SSSR count). The van der Waals surface area contributed by atoms with Crippen LogP contribution >= 0.6 is 0 Å². The number of amides is 1. The van der Waals surface area contributed by atoms with Crippen LogP contribution in [0.2, 0.25) is 0 Å². The number of hydrogen-bond donors (Lipinski definition) is 0. The first-order chi connectivity index (χ1) is 11.8. The van der Waals surface area contributed by atoms with Gasteiger partial charge in [0, 0.05) is 45.1 Å². The van der Waals surface area contributed by atoms with E-state index in [0.717, 1.165) is 25.3 Å². The molecule has 0 spiro atoms. The van der Waals surface area contributed by atoms with Crippen molar-refractivity contribution in [1.82, 2.24) is 9.21 Å². The number of ether oxygens (including phenoxy) is 1. The highest BCUT2D eigenvalue weighted by Crippen LogP contribution is 2.44. The van der Waals surface area contributed by atoms with Crippen molar-refractivity contribution in [3.05, 3.63) is 0 Å². The first kappa shape index (κ1) is 19.1. The molecule has 2 heterocycles. The molecule has 1 saturated carbocycles. The normalized spacial score (nSPS) is 31.4. The van der Waals surface area contributed by atoms with Gasteiger partial charge in [0.05, 0.1) is 12.9 Å². The Morgan fingerprint density at radius 1 is 1.24 bits per heavy atom. The van der Waals surface area contributed by atoms with Crippen LogP contribution < -0.4 is 0 Å². The molecule has 1 aliphatic carbocycles. The van der Waals surface area contributed by atoms with Gasteiger partial charge in [0.15, 0.2) is 0 Å². The quantitative estimate of drug-likeness (QED) is 0.712. The lowest BCUT2D eigenvalue weighted by molar-refractivity contribution is -0.136. The van der Waals surface area contributed by atoms with Gasteiger partial charge >= 0.3 is 0 Å². The highest BCUT2D eigenvalue weighted by Gasteiger charge is 2.52. The Balaban J connectivity index is 1.61. The molecule has 7 heteroatoms. The Kier molecular flexibility index (Phi) is 5.75. The standard InChI is InChI=1S/C18H32N2O4S/c1-24-14-18-9-10-19(17(21)8-7-15-5-3-4-6-15)11-16(18)12-20(13-18)25(2,22)23/h15-16H,3-14H2,1-2H3/t16-,18+/m1/s1. The number of carbonyl (C=O) groups is 1. The van der Waals surface area contributed by atoms with E-state index in [2.05, 4.69) is 0 Å². The lowest BCUT2D eigenvalue weighted by Gasteiger charge is -2.43. The number of nitrogens with zero attached hydrogens (tertiary/aromatic N) is 2. The van der Waals surface area contributed by atoms with Crippen LogP contribution in [-0.4, -0.2) is 69.7 Å². The van der Waals surface area contributed by atoms with Crippen molar-refractivity contribution < 1.29 is 17.9 Å². The van der Waals surface area contributed by atoms with E-state index in [1.54, 1.807) is 11.4 Å². The minimum atomic E-state index is -3.20. The van der Waals surface area contributed by atoms with Crippen molar-refractivity contribution in [3.8, 4) is 0 Å². The fourth-order valence-corrected chi connectivity index (χ4v) is 5.96. The Bertz CT molecular complexity index is 588. The summed E-state index contributed by atoms with van der Waals surface area (Å²) in [4.78, 5) is 14.6. The van der Waals surface area contributed by atoms with Crippen molar-refractivity contribution in [2.75, 3.05) is 46.2 Å². The summed E-state index contributed by atoms with van der Waals surface area (Å²) < 4.78 is 31.0. The number of likely N-dealkylation sites (tertiary alicyclic amines) is 1. The number of piperidine rings is 1. The number of carbonyl (C=O) groups excluding carboxylic acids is 1. The molecule has 25 heavy (non-hydrogen) atoms. The molecule has 0 unspecified atom stereocenters. The highest BCUT2D eigenvalue weighted by atomic mass is 32.2. The second-order valence-electron chi connectivity index (χ2n) is 8.33. The van der Waals surface area contributed by atoms with Crippen LogP contribution in [0.1, 0.15) is 44.9 Å².